The van der Waals surface area contributed by atoms with Crippen LogP contribution in [-0.4, -0.2) is 26.3 Å². The maximum atomic E-state index is 13.7. The molecule has 0 atom stereocenters. The second kappa shape index (κ2) is 7.38. The smallest absolute Gasteiger partial charge is 0.207 e. The summed E-state index contributed by atoms with van der Waals surface area (Å²) in [5.74, 6) is -0.483. The fourth-order valence-electron chi connectivity index (χ4n) is 1.94. The third kappa shape index (κ3) is 3.93. The normalized spacial score (nSPS) is 12.1. The van der Waals surface area contributed by atoms with Crippen LogP contribution in [0.4, 0.5) is 4.39 Å². The molecule has 0 aliphatic heterocycles. The van der Waals surface area contributed by atoms with E-state index in [1.807, 2.05) is 0 Å². The van der Waals surface area contributed by atoms with Gasteiger partial charge in [-0.25, -0.2) is 17.1 Å². The molecule has 20 heavy (non-hydrogen) atoms. The molecule has 0 saturated heterocycles. The van der Waals surface area contributed by atoms with Gasteiger partial charge in [0.1, 0.15) is 5.82 Å². The Balaban J connectivity index is 3.06. The molecule has 0 spiro atoms. The first-order valence-electron chi connectivity index (χ1n) is 6.66. The topological polar surface area (TPSA) is 37.4 Å². The molecule has 0 bridgehead atoms. The number of hydrogen-bond donors (Lipinski definition) is 0. The van der Waals surface area contributed by atoms with Gasteiger partial charge in [0.05, 0.1) is 10.8 Å². The monoisotopic (exact) mass is 321 g/mol. The number of nitrogens with zero attached hydrogens (tertiary/aromatic N) is 1. The van der Waals surface area contributed by atoms with Crippen LogP contribution < -0.4 is 0 Å². The number of hydrogen-bond acceptors (Lipinski definition) is 2. The summed E-state index contributed by atoms with van der Waals surface area (Å²) in [6.45, 7) is 4.06. The molecule has 0 heterocycles. The highest BCUT2D eigenvalue weighted by Gasteiger charge is 2.22. The largest absolute Gasteiger partial charge is 0.242 e. The average molecular weight is 322 g/mol. The first kappa shape index (κ1) is 17.4. The van der Waals surface area contributed by atoms with Crippen LogP contribution in [0.25, 0.3) is 0 Å². The van der Waals surface area contributed by atoms with E-state index in [1.165, 1.54) is 16.4 Å². The van der Waals surface area contributed by atoms with Crippen LogP contribution in [0.15, 0.2) is 17.0 Å². The van der Waals surface area contributed by atoms with Crippen molar-refractivity contribution in [1.29, 1.82) is 0 Å². The van der Waals surface area contributed by atoms with Crippen LogP contribution >= 0.6 is 11.6 Å². The van der Waals surface area contributed by atoms with E-state index in [2.05, 4.69) is 6.92 Å². The fraction of sp³-hybridized carbons (Fsp3) is 0.571. The van der Waals surface area contributed by atoms with E-state index in [4.69, 9.17) is 11.6 Å². The summed E-state index contributed by atoms with van der Waals surface area (Å²) in [5, 5.41) is 0. The number of unbranched alkanes of at least 4 members (excludes halogenated alkanes) is 2. The van der Waals surface area contributed by atoms with Gasteiger partial charge in [-0.2, -0.15) is 0 Å². The molecule has 0 unspecified atom stereocenters. The highest BCUT2D eigenvalue weighted by molar-refractivity contribution is 7.89. The van der Waals surface area contributed by atoms with Gasteiger partial charge in [0.15, 0.2) is 0 Å². The molecule has 0 aromatic heterocycles. The molecular weight excluding hydrogens is 301 g/mol. The molecule has 3 nitrogen and oxygen atoms in total. The van der Waals surface area contributed by atoms with E-state index in [-0.39, 0.29) is 16.3 Å². The summed E-state index contributed by atoms with van der Waals surface area (Å²) in [6.07, 6.45) is 2.82. The van der Waals surface area contributed by atoms with Crippen molar-refractivity contribution in [2.45, 2.75) is 43.9 Å². The number of aryl methyl sites for hydroxylation is 1. The van der Waals surface area contributed by atoms with Crippen molar-refractivity contribution < 1.29 is 12.8 Å². The minimum atomic E-state index is -3.58. The van der Waals surface area contributed by atoms with E-state index >= 15 is 0 Å². The van der Waals surface area contributed by atoms with Crippen molar-refractivity contribution >= 4 is 21.6 Å². The Labute approximate surface area is 125 Å². The highest BCUT2D eigenvalue weighted by atomic mass is 35.5. The van der Waals surface area contributed by atoms with Crippen LogP contribution in [0.2, 0.25) is 0 Å². The predicted molar refractivity (Wildman–Crippen MR) is 80.0 cm³/mol. The molecule has 0 aliphatic carbocycles. The molecule has 6 heteroatoms. The lowest BCUT2D eigenvalue weighted by Crippen LogP contribution is -2.28. The van der Waals surface area contributed by atoms with Crippen LogP contribution in [0.3, 0.4) is 0 Å². The molecule has 0 saturated carbocycles. The second-order valence-electron chi connectivity index (χ2n) is 4.88. The minimum absolute atomic E-state index is 0.0460. The molecule has 0 N–H and O–H groups in total. The quantitative estimate of drug-likeness (QED) is 0.567. The van der Waals surface area contributed by atoms with Gasteiger partial charge >= 0.3 is 0 Å². The van der Waals surface area contributed by atoms with Gasteiger partial charge in [0.2, 0.25) is 10.0 Å². The van der Waals surface area contributed by atoms with Gasteiger partial charge < -0.3 is 0 Å². The van der Waals surface area contributed by atoms with Gasteiger partial charge in [-0.1, -0.05) is 19.8 Å². The number of sulfonamides is 1. The molecule has 1 aromatic rings. The Morgan fingerprint density at radius 3 is 2.50 bits per heavy atom. The van der Waals surface area contributed by atoms with E-state index in [0.717, 1.165) is 19.3 Å². The molecule has 1 rings (SSSR count). The van der Waals surface area contributed by atoms with Crippen LogP contribution in [0.5, 0.6) is 0 Å². The van der Waals surface area contributed by atoms with Gasteiger partial charge in [-0.3, -0.25) is 0 Å². The Morgan fingerprint density at radius 1 is 1.30 bits per heavy atom. The van der Waals surface area contributed by atoms with Crippen molar-refractivity contribution in [3.63, 3.8) is 0 Å². The lowest BCUT2D eigenvalue weighted by atomic mass is 10.1. The molecule has 0 aliphatic rings. The third-order valence-electron chi connectivity index (χ3n) is 3.23. The summed E-state index contributed by atoms with van der Waals surface area (Å²) in [5.41, 5.74) is 0.510. The Morgan fingerprint density at radius 2 is 1.95 bits per heavy atom. The molecule has 0 fully saturated rings. The van der Waals surface area contributed by atoms with Crippen LogP contribution in [0.1, 0.15) is 37.3 Å². The molecular formula is C14H21ClFNO2S. The van der Waals surface area contributed by atoms with Crippen molar-refractivity contribution in [3.05, 3.63) is 29.1 Å². The predicted octanol–water partition coefficient (Wildman–Crippen LogP) is 3.68. The zero-order chi connectivity index (χ0) is 15.3. The summed E-state index contributed by atoms with van der Waals surface area (Å²) < 4.78 is 39.9. The molecule has 114 valence electrons. The SMILES string of the molecule is CCCCCN(C)S(=O)(=O)c1cc(C)c(F)c(CCl)c1. The summed E-state index contributed by atoms with van der Waals surface area (Å²) >= 11 is 5.66. The van der Waals surface area contributed by atoms with Crippen LogP contribution in [0, 0.1) is 12.7 Å². The van der Waals surface area contributed by atoms with Crippen molar-refractivity contribution in [2.24, 2.45) is 0 Å². The Hall–Kier alpha value is -0.650. The highest BCUT2D eigenvalue weighted by Crippen LogP contribution is 2.23. The third-order valence-corrected chi connectivity index (χ3v) is 5.35. The Bertz CT molecular complexity index is 561. The summed E-state index contributed by atoms with van der Waals surface area (Å²) in [4.78, 5) is 0.103. The molecule has 1 aromatic carbocycles. The van der Waals surface area contributed by atoms with Crippen LogP contribution in [-0.2, 0) is 15.9 Å². The number of halogens is 2. The lowest BCUT2D eigenvalue weighted by molar-refractivity contribution is 0.454. The number of benzene rings is 1. The van der Waals surface area contributed by atoms with Gasteiger partial charge in [-0.15, -0.1) is 11.6 Å². The minimum Gasteiger partial charge on any atom is -0.207 e. The average Bonchev–Trinajstić information content (AvgIpc) is 2.41. The van der Waals surface area contributed by atoms with Crippen molar-refractivity contribution in [1.82, 2.24) is 4.31 Å². The van der Waals surface area contributed by atoms with E-state index in [0.29, 0.717) is 12.1 Å². The van der Waals surface area contributed by atoms with Gasteiger partial charge in [-0.05, 0) is 31.0 Å². The first-order valence-corrected chi connectivity index (χ1v) is 8.63. The number of alkyl halides is 1. The van der Waals surface area contributed by atoms with Gasteiger partial charge in [0.25, 0.3) is 0 Å². The standard InChI is InChI=1S/C14H21ClFNO2S/c1-4-5-6-7-17(3)20(18,19)13-8-11(2)14(16)12(9-13)10-15/h8-9H,4-7,10H2,1-3H3. The van der Waals surface area contributed by atoms with E-state index < -0.39 is 15.8 Å². The van der Waals surface area contributed by atoms with E-state index in [9.17, 15) is 12.8 Å². The zero-order valence-electron chi connectivity index (χ0n) is 12.1. The van der Waals surface area contributed by atoms with Gasteiger partial charge in [0, 0.05) is 19.2 Å². The fourth-order valence-corrected chi connectivity index (χ4v) is 3.48. The second-order valence-corrected chi connectivity index (χ2v) is 7.19. The summed E-state index contributed by atoms with van der Waals surface area (Å²) in [7, 11) is -2.04. The first-order chi connectivity index (χ1) is 9.34. The van der Waals surface area contributed by atoms with Crippen molar-refractivity contribution in [2.75, 3.05) is 13.6 Å². The molecule has 0 amide bonds. The van der Waals surface area contributed by atoms with E-state index in [1.54, 1.807) is 14.0 Å². The maximum Gasteiger partial charge on any atom is 0.242 e. The number of rotatable bonds is 7. The molecule has 0 radical (unpaired) electrons. The zero-order valence-corrected chi connectivity index (χ0v) is 13.7. The summed E-state index contributed by atoms with van der Waals surface area (Å²) in [6, 6.07) is 2.68. The van der Waals surface area contributed by atoms with Crippen molar-refractivity contribution in [3.8, 4) is 0 Å². The maximum absolute atomic E-state index is 13.7. The lowest BCUT2D eigenvalue weighted by Gasteiger charge is -2.18. The Kier molecular flexibility index (Phi) is 6.43.